The van der Waals surface area contributed by atoms with E-state index in [4.69, 9.17) is 11.6 Å². The van der Waals surface area contributed by atoms with E-state index in [0.29, 0.717) is 24.7 Å². The van der Waals surface area contributed by atoms with Crippen LogP contribution in [0.3, 0.4) is 0 Å². The number of rotatable bonds is 8. The molecular formula is C12H22ClN3O2S. The SMILES string of the molecule is CCc1ncc(S(=O)(=O)NCC(C)(C)CCCCl)[nH]1. The number of sulfonamides is 1. The summed E-state index contributed by atoms with van der Waals surface area (Å²) in [6, 6.07) is 0. The molecule has 0 radical (unpaired) electrons. The lowest BCUT2D eigenvalue weighted by atomic mass is 9.88. The van der Waals surface area contributed by atoms with Crippen LogP contribution < -0.4 is 4.72 Å². The number of nitrogens with zero attached hydrogens (tertiary/aromatic N) is 1. The molecule has 0 aliphatic heterocycles. The molecule has 1 aromatic heterocycles. The molecule has 0 bridgehead atoms. The number of hydrogen-bond donors (Lipinski definition) is 2. The number of aromatic amines is 1. The third-order valence-electron chi connectivity index (χ3n) is 2.96. The summed E-state index contributed by atoms with van der Waals surface area (Å²) in [5, 5.41) is 0.123. The van der Waals surface area contributed by atoms with Gasteiger partial charge in [-0.2, -0.15) is 0 Å². The fourth-order valence-electron chi connectivity index (χ4n) is 1.66. The van der Waals surface area contributed by atoms with Crippen LogP contribution in [0.5, 0.6) is 0 Å². The van der Waals surface area contributed by atoms with Crippen molar-refractivity contribution in [2.75, 3.05) is 12.4 Å². The van der Waals surface area contributed by atoms with Gasteiger partial charge in [0.15, 0.2) is 5.03 Å². The summed E-state index contributed by atoms with van der Waals surface area (Å²) in [6.45, 7) is 6.34. The zero-order chi connectivity index (χ0) is 14.5. The van der Waals surface area contributed by atoms with Gasteiger partial charge in [-0.25, -0.2) is 18.1 Å². The number of hydrogen-bond acceptors (Lipinski definition) is 3. The second kappa shape index (κ2) is 6.72. The molecule has 0 aliphatic carbocycles. The van der Waals surface area contributed by atoms with Gasteiger partial charge in [-0.15, -0.1) is 11.6 Å². The molecular weight excluding hydrogens is 286 g/mol. The maximum absolute atomic E-state index is 12.1. The first-order chi connectivity index (χ1) is 8.80. The molecule has 0 amide bonds. The van der Waals surface area contributed by atoms with Crippen molar-refractivity contribution in [1.82, 2.24) is 14.7 Å². The first-order valence-corrected chi connectivity index (χ1v) is 8.42. The Morgan fingerprint density at radius 3 is 2.68 bits per heavy atom. The minimum atomic E-state index is -3.51. The summed E-state index contributed by atoms with van der Waals surface area (Å²) < 4.78 is 26.8. The Bertz CT molecular complexity index is 497. The minimum absolute atomic E-state index is 0.116. The Labute approximate surface area is 120 Å². The van der Waals surface area contributed by atoms with Crippen molar-refractivity contribution in [2.24, 2.45) is 5.41 Å². The van der Waals surface area contributed by atoms with Gasteiger partial charge in [-0.1, -0.05) is 20.8 Å². The molecule has 0 saturated carbocycles. The lowest BCUT2D eigenvalue weighted by Gasteiger charge is -2.24. The normalized spacial score (nSPS) is 12.8. The van der Waals surface area contributed by atoms with Crippen LogP contribution in [0.15, 0.2) is 11.2 Å². The van der Waals surface area contributed by atoms with Gasteiger partial charge in [0.2, 0.25) is 0 Å². The van der Waals surface area contributed by atoms with Crippen LogP contribution in [-0.4, -0.2) is 30.8 Å². The quantitative estimate of drug-likeness (QED) is 0.724. The highest BCUT2D eigenvalue weighted by atomic mass is 35.5. The van der Waals surface area contributed by atoms with Crippen molar-refractivity contribution in [3.63, 3.8) is 0 Å². The van der Waals surface area contributed by atoms with Gasteiger partial charge < -0.3 is 4.98 Å². The van der Waals surface area contributed by atoms with Gasteiger partial charge in [-0.05, 0) is 18.3 Å². The molecule has 1 rings (SSSR count). The van der Waals surface area contributed by atoms with Gasteiger partial charge in [0.25, 0.3) is 10.0 Å². The summed E-state index contributed by atoms with van der Waals surface area (Å²) in [6.07, 6.45) is 3.78. The summed E-state index contributed by atoms with van der Waals surface area (Å²) in [5.41, 5.74) is -0.116. The fraction of sp³-hybridized carbons (Fsp3) is 0.750. The van der Waals surface area contributed by atoms with Crippen LogP contribution >= 0.6 is 11.6 Å². The van der Waals surface area contributed by atoms with Gasteiger partial charge >= 0.3 is 0 Å². The maximum atomic E-state index is 12.1. The van der Waals surface area contributed by atoms with Gasteiger partial charge in [0, 0.05) is 18.8 Å². The topological polar surface area (TPSA) is 74.8 Å². The molecule has 2 N–H and O–H groups in total. The third-order valence-corrected chi connectivity index (χ3v) is 4.54. The van der Waals surface area contributed by atoms with E-state index < -0.39 is 10.0 Å². The fourth-order valence-corrected chi connectivity index (χ4v) is 2.97. The molecule has 1 heterocycles. The summed E-state index contributed by atoms with van der Waals surface area (Å²) >= 11 is 5.66. The van der Waals surface area contributed by atoms with Crippen molar-refractivity contribution in [2.45, 2.75) is 45.1 Å². The van der Waals surface area contributed by atoms with Gasteiger partial charge in [0.1, 0.15) is 5.82 Å². The number of halogens is 1. The lowest BCUT2D eigenvalue weighted by Crippen LogP contribution is -2.34. The molecule has 0 aliphatic rings. The Hall–Kier alpha value is -0.590. The Balaban J connectivity index is 2.65. The van der Waals surface area contributed by atoms with Crippen molar-refractivity contribution >= 4 is 21.6 Å². The highest BCUT2D eigenvalue weighted by Crippen LogP contribution is 2.22. The molecule has 7 heteroatoms. The van der Waals surface area contributed by atoms with Crippen molar-refractivity contribution < 1.29 is 8.42 Å². The van der Waals surface area contributed by atoms with Crippen molar-refractivity contribution in [3.8, 4) is 0 Å². The largest absolute Gasteiger partial charge is 0.332 e. The van der Waals surface area contributed by atoms with E-state index in [1.54, 1.807) is 0 Å². The van der Waals surface area contributed by atoms with Crippen LogP contribution in [0, 0.1) is 5.41 Å². The first kappa shape index (κ1) is 16.5. The number of imidazole rings is 1. The maximum Gasteiger partial charge on any atom is 0.257 e. The zero-order valence-electron chi connectivity index (χ0n) is 11.7. The molecule has 0 atom stereocenters. The monoisotopic (exact) mass is 307 g/mol. The van der Waals surface area contributed by atoms with Gasteiger partial charge in [0.05, 0.1) is 6.20 Å². The Morgan fingerprint density at radius 2 is 2.16 bits per heavy atom. The first-order valence-electron chi connectivity index (χ1n) is 6.40. The van der Waals surface area contributed by atoms with Gasteiger partial charge in [-0.3, -0.25) is 0 Å². The van der Waals surface area contributed by atoms with E-state index in [2.05, 4.69) is 14.7 Å². The summed E-state index contributed by atoms with van der Waals surface area (Å²) in [5.74, 6) is 1.26. The van der Waals surface area contributed by atoms with E-state index in [9.17, 15) is 8.42 Å². The number of H-pyrrole nitrogens is 1. The Kier molecular flexibility index (Phi) is 5.82. The predicted molar refractivity (Wildman–Crippen MR) is 76.9 cm³/mol. The van der Waals surface area contributed by atoms with E-state index in [1.807, 2.05) is 20.8 Å². The highest BCUT2D eigenvalue weighted by Gasteiger charge is 2.23. The summed E-state index contributed by atoms with van der Waals surface area (Å²) in [4.78, 5) is 6.80. The molecule has 0 unspecified atom stereocenters. The number of aryl methyl sites for hydroxylation is 1. The molecule has 0 aromatic carbocycles. The molecule has 1 aromatic rings. The molecule has 110 valence electrons. The summed E-state index contributed by atoms with van der Waals surface area (Å²) in [7, 11) is -3.51. The van der Waals surface area contributed by atoms with Crippen LogP contribution in [0.1, 0.15) is 39.4 Å². The standard InChI is InChI=1S/C12H22ClN3O2S/c1-4-10-14-8-11(16-10)19(17,18)15-9-12(2,3)6-5-7-13/h8,15H,4-7,9H2,1-3H3,(H,14,16). The van der Waals surface area contributed by atoms with Crippen molar-refractivity contribution in [3.05, 3.63) is 12.0 Å². The van der Waals surface area contributed by atoms with E-state index in [1.165, 1.54) is 6.20 Å². The van der Waals surface area contributed by atoms with E-state index in [-0.39, 0.29) is 10.4 Å². The molecule has 5 nitrogen and oxygen atoms in total. The second-order valence-electron chi connectivity index (χ2n) is 5.33. The second-order valence-corrected chi connectivity index (χ2v) is 7.44. The molecule has 0 fully saturated rings. The van der Waals surface area contributed by atoms with Crippen LogP contribution in [0.2, 0.25) is 0 Å². The van der Waals surface area contributed by atoms with Crippen LogP contribution in [0.4, 0.5) is 0 Å². The van der Waals surface area contributed by atoms with Crippen LogP contribution in [0.25, 0.3) is 0 Å². The van der Waals surface area contributed by atoms with E-state index >= 15 is 0 Å². The number of aromatic nitrogens is 2. The van der Waals surface area contributed by atoms with E-state index in [0.717, 1.165) is 12.8 Å². The number of alkyl halides is 1. The predicted octanol–water partition coefficient (Wildman–Crippen LogP) is 2.30. The lowest BCUT2D eigenvalue weighted by molar-refractivity contribution is 0.331. The highest BCUT2D eigenvalue weighted by molar-refractivity contribution is 7.89. The van der Waals surface area contributed by atoms with Crippen molar-refractivity contribution in [1.29, 1.82) is 0 Å². The zero-order valence-corrected chi connectivity index (χ0v) is 13.2. The average molecular weight is 308 g/mol. The molecule has 0 saturated heterocycles. The van der Waals surface area contributed by atoms with Crippen LogP contribution in [-0.2, 0) is 16.4 Å². The minimum Gasteiger partial charge on any atom is -0.332 e. The average Bonchev–Trinajstić information content (AvgIpc) is 2.84. The molecule has 0 spiro atoms. The third kappa shape index (κ3) is 5.12. The Morgan fingerprint density at radius 1 is 1.47 bits per heavy atom. The number of nitrogens with one attached hydrogen (secondary N) is 2. The molecule has 19 heavy (non-hydrogen) atoms. The smallest absolute Gasteiger partial charge is 0.257 e.